The fourth-order valence-corrected chi connectivity index (χ4v) is 2.76. The summed E-state index contributed by atoms with van der Waals surface area (Å²) in [5.41, 5.74) is 1.81. The fourth-order valence-electron chi connectivity index (χ4n) is 2.51. The average Bonchev–Trinajstić information content (AvgIpc) is 2.90. The van der Waals surface area contributed by atoms with Crippen LogP contribution in [0.5, 0.6) is 0 Å². The SMILES string of the molecule is C=C(Br)Cn1c(CNC(=O)c2ccccc2F)nc2ccccc21. The number of benzene rings is 2. The lowest BCUT2D eigenvalue weighted by Gasteiger charge is -2.10. The fraction of sp³-hybridized carbons (Fsp3) is 0.111. The van der Waals surface area contributed by atoms with Gasteiger partial charge in [-0.3, -0.25) is 4.79 Å². The van der Waals surface area contributed by atoms with Crippen molar-refractivity contribution in [2.75, 3.05) is 0 Å². The molecular weight excluding hydrogens is 373 g/mol. The molecule has 3 aromatic rings. The van der Waals surface area contributed by atoms with Gasteiger partial charge in [-0.25, -0.2) is 9.37 Å². The van der Waals surface area contributed by atoms with Crippen LogP contribution in [0.3, 0.4) is 0 Å². The number of amides is 1. The molecule has 0 aliphatic carbocycles. The summed E-state index contributed by atoms with van der Waals surface area (Å²) in [5.74, 6) is -0.330. The molecule has 0 bridgehead atoms. The third-order valence-corrected chi connectivity index (χ3v) is 3.84. The first kappa shape index (κ1) is 16.4. The van der Waals surface area contributed by atoms with Crippen molar-refractivity contribution >= 4 is 32.9 Å². The maximum atomic E-state index is 13.7. The molecule has 0 saturated heterocycles. The molecule has 0 fully saturated rings. The van der Waals surface area contributed by atoms with E-state index in [0.717, 1.165) is 15.5 Å². The van der Waals surface area contributed by atoms with E-state index in [1.165, 1.54) is 12.1 Å². The third-order valence-electron chi connectivity index (χ3n) is 3.59. The summed E-state index contributed by atoms with van der Waals surface area (Å²) in [5, 5.41) is 2.72. The van der Waals surface area contributed by atoms with Gasteiger partial charge in [0.2, 0.25) is 0 Å². The predicted octanol–water partition coefficient (Wildman–Crippen LogP) is 4.01. The van der Waals surface area contributed by atoms with Gasteiger partial charge in [-0.05, 0) is 24.3 Å². The number of nitrogens with zero attached hydrogens (tertiary/aromatic N) is 2. The second-order valence-electron chi connectivity index (χ2n) is 5.28. The topological polar surface area (TPSA) is 46.9 Å². The van der Waals surface area contributed by atoms with Crippen LogP contribution in [0.4, 0.5) is 4.39 Å². The van der Waals surface area contributed by atoms with Crippen molar-refractivity contribution in [1.82, 2.24) is 14.9 Å². The number of fused-ring (bicyclic) bond motifs is 1. The lowest BCUT2D eigenvalue weighted by molar-refractivity contribution is 0.0945. The van der Waals surface area contributed by atoms with Crippen LogP contribution >= 0.6 is 15.9 Å². The minimum absolute atomic E-state index is 0.0186. The maximum Gasteiger partial charge on any atom is 0.254 e. The Kier molecular flexibility index (Phi) is 4.76. The van der Waals surface area contributed by atoms with E-state index in [-0.39, 0.29) is 12.1 Å². The molecule has 0 saturated carbocycles. The van der Waals surface area contributed by atoms with Crippen LogP contribution in [0.2, 0.25) is 0 Å². The van der Waals surface area contributed by atoms with E-state index in [4.69, 9.17) is 0 Å². The van der Waals surface area contributed by atoms with E-state index in [0.29, 0.717) is 12.4 Å². The molecular formula is C18H15BrFN3O. The summed E-state index contributed by atoms with van der Waals surface area (Å²) in [6, 6.07) is 13.6. The minimum atomic E-state index is -0.544. The number of rotatable bonds is 5. The largest absolute Gasteiger partial charge is 0.345 e. The number of hydrogen-bond acceptors (Lipinski definition) is 2. The lowest BCUT2D eigenvalue weighted by atomic mass is 10.2. The molecule has 1 heterocycles. The Morgan fingerprint density at radius 2 is 1.92 bits per heavy atom. The molecule has 0 atom stereocenters. The van der Waals surface area contributed by atoms with Gasteiger partial charge in [-0.2, -0.15) is 0 Å². The molecule has 0 aliphatic rings. The molecule has 0 aliphatic heterocycles. The van der Waals surface area contributed by atoms with E-state index < -0.39 is 11.7 Å². The Hall–Kier alpha value is -2.47. The van der Waals surface area contributed by atoms with Crippen LogP contribution in [0.1, 0.15) is 16.2 Å². The predicted molar refractivity (Wildman–Crippen MR) is 95.4 cm³/mol. The summed E-state index contributed by atoms with van der Waals surface area (Å²) in [6.45, 7) is 4.59. The molecule has 122 valence electrons. The number of imidazole rings is 1. The number of para-hydroxylation sites is 2. The zero-order valence-corrected chi connectivity index (χ0v) is 14.4. The van der Waals surface area contributed by atoms with Gasteiger partial charge in [0, 0.05) is 4.48 Å². The Morgan fingerprint density at radius 1 is 1.21 bits per heavy atom. The van der Waals surface area contributed by atoms with E-state index in [1.807, 2.05) is 28.8 Å². The molecule has 1 N–H and O–H groups in total. The summed E-state index contributed by atoms with van der Waals surface area (Å²) < 4.78 is 16.4. The molecule has 1 aromatic heterocycles. The number of aromatic nitrogens is 2. The maximum absolute atomic E-state index is 13.7. The van der Waals surface area contributed by atoms with Crippen molar-refractivity contribution in [3.8, 4) is 0 Å². The minimum Gasteiger partial charge on any atom is -0.345 e. The van der Waals surface area contributed by atoms with Crippen molar-refractivity contribution in [2.24, 2.45) is 0 Å². The quantitative estimate of drug-likeness (QED) is 0.718. The normalized spacial score (nSPS) is 10.8. The van der Waals surface area contributed by atoms with Crippen LogP contribution in [0.25, 0.3) is 11.0 Å². The standard InChI is InChI=1S/C18H15BrFN3O/c1-12(19)11-23-16-9-5-4-8-15(16)22-17(23)10-21-18(24)13-6-2-3-7-14(13)20/h2-9H,1,10-11H2,(H,21,24). The first-order valence-electron chi connectivity index (χ1n) is 7.36. The zero-order chi connectivity index (χ0) is 17.1. The first-order chi connectivity index (χ1) is 11.6. The summed E-state index contributed by atoms with van der Waals surface area (Å²) in [4.78, 5) is 16.7. The zero-order valence-electron chi connectivity index (χ0n) is 12.8. The van der Waals surface area contributed by atoms with Crippen molar-refractivity contribution in [1.29, 1.82) is 0 Å². The van der Waals surface area contributed by atoms with Gasteiger partial charge in [0.15, 0.2) is 0 Å². The van der Waals surface area contributed by atoms with Crippen LogP contribution in [0, 0.1) is 5.82 Å². The monoisotopic (exact) mass is 387 g/mol. The highest BCUT2D eigenvalue weighted by atomic mass is 79.9. The third kappa shape index (κ3) is 3.38. The van der Waals surface area contributed by atoms with E-state index in [1.54, 1.807) is 12.1 Å². The van der Waals surface area contributed by atoms with Crippen LogP contribution in [0.15, 0.2) is 59.6 Å². The van der Waals surface area contributed by atoms with Gasteiger partial charge in [0.1, 0.15) is 11.6 Å². The van der Waals surface area contributed by atoms with Gasteiger partial charge in [0.25, 0.3) is 5.91 Å². The van der Waals surface area contributed by atoms with Gasteiger partial charge in [-0.1, -0.05) is 46.8 Å². The molecule has 2 aromatic carbocycles. The summed E-state index contributed by atoms with van der Waals surface area (Å²) in [7, 11) is 0. The highest BCUT2D eigenvalue weighted by Gasteiger charge is 2.14. The van der Waals surface area contributed by atoms with Crippen LogP contribution < -0.4 is 5.32 Å². The highest BCUT2D eigenvalue weighted by molar-refractivity contribution is 9.11. The number of nitrogens with one attached hydrogen (secondary N) is 1. The van der Waals surface area contributed by atoms with E-state index in [9.17, 15) is 9.18 Å². The smallest absolute Gasteiger partial charge is 0.254 e. The van der Waals surface area contributed by atoms with Crippen molar-refractivity contribution in [3.63, 3.8) is 0 Å². The number of halogens is 2. The molecule has 0 unspecified atom stereocenters. The Morgan fingerprint density at radius 3 is 2.67 bits per heavy atom. The molecule has 0 spiro atoms. The molecule has 0 radical (unpaired) electrons. The lowest BCUT2D eigenvalue weighted by Crippen LogP contribution is -2.25. The van der Waals surface area contributed by atoms with Crippen LogP contribution in [-0.2, 0) is 13.1 Å². The number of carbonyl (C=O) groups is 1. The second kappa shape index (κ2) is 6.97. The van der Waals surface area contributed by atoms with Gasteiger partial charge in [-0.15, -0.1) is 0 Å². The van der Waals surface area contributed by atoms with Crippen molar-refractivity contribution in [2.45, 2.75) is 13.1 Å². The average molecular weight is 388 g/mol. The van der Waals surface area contributed by atoms with Crippen molar-refractivity contribution < 1.29 is 9.18 Å². The second-order valence-corrected chi connectivity index (χ2v) is 6.40. The Balaban J connectivity index is 1.86. The van der Waals surface area contributed by atoms with Gasteiger partial charge < -0.3 is 9.88 Å². The van der Waals surface area contributed by atoms with Gasteiger partial charge in [0.05, 0.1) is 29.7 Å². The molecule has 24 heavy (non-hydrogen) atoms. The molecule has 6 heteroatoms. The summed E-state index contributed by atoms with van der Waals surface area (Å²) in [6.07, 6.45) is 0. The van der Waals surface area contributed by atoms with E-state index in [2.05, 4.69) is 32.8 Å². The number of allylic oxidation sites excluding steroid dienone is 1. The first-order valence-corrected chi connectivity index (χ1v) is 8.15. The van der Waals surface area contributed by atoms with Crippen molar-refractivity contribution in [3.05, 3.63) is 76.8 Å². The van der Waals surface area contributed by atoms with E-state index >= 15 is 0 Å². The Labute approximate surface area is 147 Å². The van der Waals surface area contributed by atoms with Gasteiger partial charge >= 0.3 is 0 Å². The number of hydrogen-bond donors (Lipinski definition) is 1. The Bertz CT molecular complexity index is 920. The molecule has 4 nitrogen and oxygen atoms in total. The van der Waals surface area contributed by atoms with Crippen LogP contribution in [-0.4, -0.2) is 15.5 Å². The summed E-state index contributed by atoms with van der Waals surface area (Å²) >= 11 is 3.36. The highest BCUT2D eigenvalue weighted by Crippen LogP contribution is 2.19. The number of carbonyl (C=O) groups excluding carboxylic acids is 1. The molecule has 1 amide bonds. The molecule has 3 rings (SSSR count).